The maximum atomic E-state index is 11.2. The number of aliphatic carboxylic acids is 1. The summed E-state index contributed by atoms with van der Waals surface area (Å²) in [6.07, 6.45) is 1.55. The third kappa shape index (κ3) is 2.81. The maximum Gasteiger partial charge on any atom is 0.307 e. The highest BCUT2D eigenvalue weighted by Crippen LogP contribution is 2.18. The number of carboxylic acid groups (broad SMARTS) is 1. The first-order valence-corrected chi connectivity index (χ1v) is 5.15. The molecule has 0 fully saturated rings. The summed E-state index contributed by atoms with van der Waals surface area (Å²) in [5.74, 6) is -0.868. The van der Waals surface area contributed by atoms with Crippen molar-refractivity contribution >= 4 is 5.97 Å². The number of carboxylic acids is 1. The van der Waals surface area contributed by atoms with Gasteiger partial charge in [-0.3, -0.25) is 9.59 Å². The second-order valence-electron chi connectivity index (χ2n) is 3.71. The lowest BCUT2D eigenvalue weighted by atomic mass is 10.0. The van der Waals surface area contributed by atoms with Gasteiger partial charge in [-0.1, -0.05) is 24.3 Å². The Kier molecular flexibility index (Phi) is 3.05. The third-order valence-electron chi connectivity index (χ3n) is 2.39. The predicted octanol–water partition coefficient (Wildman–Crippen LogP) is 1.67. The average Bonchev–Trinajstić information content (AvgIpc) is 2.28. The number of rotatable bonds is 3. The molecule has 0 saturated heterocycles. The van der Waals surface area contributed by atoms with Crippen molar-refractivity contribution in [2.75, 3.05) is 0 Å². The summed E-state index contributed by atoms with van der Waals surface area (Å²) in [4.78, 5) is 24.3. The normalized spacial score (nSPS) is 10.1. The lowest BCUT2D eigenvalue weighted by molar-refractivity contribution is -0.136. The molecule has 86 valence electrons. The van der Waals surface area contributed by atoms with Crippen molar-refractivity contribution in [3.63, 3.8) is 0 Å². The lowest BCUT2D eigenvalue weighted by Gasteiger charge is -2.03. The molecule has 2 rings (SSSR count). The number of benzene rings is 1. The number of carbonyl (C=O) groups is 1. The van der Waals surface area contributed by atoms with E-state index in [0.29, 0.717) is 0 Å². The van der Waals surface area contributed by atoms with Crippen LogP contribution in [0.4, 0.5) is 0 Å². The highest BCUT2D eigenvalue weighted by atomic mass is 16.4. The van der Waals surface area contributed by atoms with E-state index >= 15 is 0 Å². The van der Waals surface area contributed by atoms with Crippen molar-refractivity contribution in [1.82, 2.24) is 4.98 Å². The molecule has 0 unspecified atom stereocenters. The molecule has 0 bridgehead atoms. The van der Waals surface area contributed by atoms with E-state index in [1.807, 2.05) is 6.07 Å². The van der Waals surface area contributed by atoms with Crippen molar-refractivity contribution in [3.8, 4) is 11.1 Å². The van der Waals surface area contributed by atoms with E-state index in [4.69, 9.17) is 5.11 Å². The van der Waals surface area contributed by atoms with Crippen molar-refractivity contribution < 1.29 is 9.90 Å². The first kappa shape index (κ1) is 11.1. The minimum atomic E-state index is -0.868. The number of hydrogen-bond acceptors (Lipinski definition) is 2. The molecule has 0 aliphatic heterocycles. The summed E-state index contributed by atoms with van der Waals surface area (Å²) in [5.41, 5.74) is 2.16. The predicted molar refractivity (Wildman–Crippen MR) is 63.8 cm³/mol. The molecular formula is C13H11NO3. The van der Waals surface area contributed by atoms with Crippen LogP contribution in [0.25, 0.3) is 11.1 Å². The van der Waals surface area contributed by atoms with Gasteiger partial charge in [-0.15, -0.1) is 0 Å². The molecule has 0 spiro atoms. The largest absolute Gasteiger partial charge is 0.481 e. The molecule has 0 aliphatic rings. The Hall–Kier alpha value is -2.36. The zero-order valence-electron chi connectivity index (χ0n) is 9.01. The van der Waals surface area contributed by atoms with Crippen LogP contribution in [0.5, 0.6) is 0 Å². The fourth-order valence-corrected chi connectivity index (χ4v) is 1.66. The third-order valence-corrected chi connectivity index (χ3v) is 2.39. The number of pyridine rings is 1. The molecule has 0 aliphatic carbocycles. The van der Waals surface area contributed by atoms with Gasteiger partial charge in [0.05, 0.1) is 6.42 Å². The van der Waals surface area contributed by atoms with Crippen LogP contribution < -0.4 is 5.56 Å². The molecule has 2 aromatic rings. The highest BCUT2D eigenvalue weighted by Gasteiger charge is 2.03. The first-order valence-electron chi connectivity index (χ1n) is 5.15. The van der Waals surface area contributed by atoms with Crippen molar-refractivity contribution in [1.29, 1.82) is 0 Å². The Morgan fingerprint density at radius 1 is 1.18 bits per heavy atom. The molecule has 1 heterocycles. The zero-order chi connectivity index (χ0) is 12.3. The van der Waals surface area contributed by atoms with Gasteiger partial charge < -0.3 is 10.1 Å². The van der Waals surface area contributed by atoms with Crippen LogP contribution in [-0.2, 0) is 11.2 Å². The first-order chi connectivity index (χ1) is 8.15. The SMILES string of the molecule is O=C(O)Cc1cccc(-c2cc[nH]c(=O)c2)c1. The van der Waals surface area contributed by atoms with E-state index < -0.39 is 5.97 Å². The van der Waals surface area contributed by atoms with Crippen LogP contribution in [0, 0.1) is 0 Å². The topological polar surface area (TPSA) is 70.2 Å². The minimum Gasteiger partial charge on any atom is -0.481 e. The molecule has 2 N–H and O–H groups in total. The monoisotopic (exact) mass is 229 g/mol. The highest BCUT2D eigenvalue weighted by molar-refractivity contribution is 5.72. The van der Waals surface area contributed by atoms with Gasteiger partial charge in [0.2, 0.25) is 5.56 Å². The van der Waals surface area contributed by atoms with Crippen molar-refractivity contribution in [2.24, 2.45) is 0 Å². The molecule has 0 radical (unpaired) electrons. The Labute approximate surface area is 97.6 Å². The lowest BCUT2D eigenvalue weighted by Crippen LogP contribution is -2.03. The van der Waals surface area contributed by atoms with Gasteiger partial charge in [0, 0.05) is 12.3 Å². The molecule has 1 aromatic carbocycles. The number of nitrogens with one attached hydrogen (secondary N) is 1. The van der Waals surface area contributed by atoms with Gasteiger partial charge >= 0.3 is 5.97 Å². The Bertz CT molecular complexity index is 601. The second-order valence-corrected chi connectivity index (χ2v) is 3.71. The number of H-pyrrole nitrogens is 1. The van der Waals surface area contributed by atoms with E-state index in [1.165, 1.54) is 6.07 Å². The summed E-state index contributed by atoms with van der Waals surface area (Å²) < 4.78 is 0. The van der Waals surface area contributed by atoms with Crippen LogP contribution in [0.15, 0.2) is 47.4 Å². The molecule has 0 saturated carbocycles. The minimum absolute atomic E-state index is 0.0168. The molecule has 0 amide bonds. The summed E-state index contributed by atoms with van der Waals surface area (Å²) in [5, 5.41) is 8.72. The Balaban J connectivity index is 2.39. The van der Waals surface area contributed by atoms with E-state index in [9.17, 15) is 9.59 Å². The summed E-state index contributed by atoms with van der Waals surface area (Å²) in [6, 6.07) is 10.4. The molecule has 4 nitrogen and oxygen atoms in total. The average molecular weight is 229 g/mol. The van der Waals surface area contributed by atoms with Crippen LogP contribution in [0.3, 0.4) is 0 Å². The fraction of sp³-hybridized carbons (Fsp3) is 0.0769. The number of hydrogen-bond donors (Lipinski definition) is 2. The van der Waals surface area contributed by atoms with Gasteiger partial charge in [-0.25, -0.2) is 0 Å². The van der Waals surface area contributed by atoms with Gasteiger partial charge in [-0.05, 0) is 22.8 Å². The van der Waals surface area contributed by atoms with Crippen LogP contribution in [0.1, 0.15) is 5.56 Å². The number of aromatic nitrogens is 1. The van der Waals surface area contributed by atoms with Crippen LogP contribution in [0.2, 0.25) is 0 Å². The summed E-state index contributed by atoms with van der Waals surface area (Å²) in [7, 11) is 0. The van der Waals surface area contributed by atoms with Crippen molar-refractivity contribution in [2.45, 2.75) is 6.42 Å². The quantitative estimate of drug-likeness (QED) is 0.841. The Morgan fingerprint density at radius 2 is 1.94 bits per heavy atom. The van der Waals surface area contributed by atoms with E-state index in [2.05, 4.69) is 4.98 Å². The number of aromatic amines is 1. The summed E-state index contributed by atoms with van der Waals surface area (Å²) in [6.45, 7) is 0. The second kappa shape index (κ2) is 4.65. The van der Waals surface area contributed by atoms with Gasteiger partial charge in [-0.2, -0.15) is 0 Å². The van der Waals surface area contributed by atoms with Crippen LogP contribution >= 0.6 is 0 Å². The molecular weight excluding hydrogens is 218 g/mol. The maximum absolute atomic E-state index is 11.2. The van der Waals surface area contributed by atoms with Gasteiger partial charge in [0.1, 0.15) is 0 Å². The molecule has 1 aromatic heterocycles. The molecule has 0 atom stereocenters. The zero-order valence-corrected chi connectivity index (χ0v) is 9.01. The van der Waals surface area contributed by atoms with Gasteiger partial charge in [0.15, 0.2) is 0 Å². The molecule has 17 heavy (non-hydrogen) atoms. The Morgan fingerprint density at radius 3 is 2.65 bits per heavy atom. The fourth-order valence-electron chi connectivity index (χ4n) is 1.66. The van der Waals surface area contributed by atoms with E-state index in [-0.39, 0.29) is 12.0 Å². The van der Waals surface area contributed by atoms with E-state index in [0.717, 1.165) is 16.7 Å². The van der Waals surface area contributed by atoms with Crippen LogP contribution in [-0.4, -0.2) is 16.1 Å². The van der Waals surface area contributed by atoms with Gasteiger partial charge in [0.25, 0.3) is 0 Å². The van der Waals surface area contributed by atoms with Crippen molar-refractivity contribution in [3.05, 3.63) is 58.5 Å². The standard InChI is InChI=1S/C13H11NO3/c15-12-8-11(4-5-14-12)10-3-1-2-9(6-10)7-13(16)17/h1-6,8H,7H2,(H,14,15)(H,16,17). The summed E-state index contributed by atoms with van der Waals surface area (Å²) >= 11 is 0. The smallest absolute Gasteiger partial charge is 0.307 e. The molecule has 4 heteroatoms. The van der Waals surface area contributed by atoms with E-state index in [1.54, 1.807) is 30.5 Å².